The number of nitrogens with zero attached hydrogens (tertiary/aromatic N) is 1. The Hall–Kier alpha value is -1.63. The molecule has 1 heteroatoms. The standard InChI is InChI=1S/C32H49N/c1-3-5-7-9-11-13-15-28-18-22-30(23-19-28)32-25-24-31(26-33-32)29-20-16-27(17-21-29)14-12-10-8-6-4-2/h16-17,20-21,24-26,28,30H,3-15,18-19,22-23H2,1-2H3. The summed E-state index contributed by atoms with van der Waals surface area (Å²) in [5, 5.41) is 0. The zero-order chi connectivity index (χ0) is 23.1. The third-order valence-electron chi connectivity index (χ3n) is 7.87. The monoisotopic (exact) mass is 447 g/mol. The molecular formula is C32H49N. The van der Waals surface area contributed by atoms with E-state index in [-0.39, 0.29) is 0 Å². The molecule has 0 radical (unpaired) electrons. The first kappa shape index (κ1) is 26.0. The first-order chi connectivity index (χ1) is 16.3. The normalized spacial score (nSPS) is 18.5. The Kier molecular flexibility index (Phi) is 12.1. The Labute approximate surface area is 204 Å². The van der Waals surface area contributed by atoms with Crippen LogP contribution in [0.15, 0.2) is 42.6 Å². The van der Waals surface area contributed by atoms with E-state index in [1.165, 1.54) is 132 Å². The molecule has 1 heterocycles. The fourth-order valence-corrected chi connectivity index (χ4v) is 5.57. The number of pyridine rings is 1. The molecule has 1 aromatic heterocycles. The van der Waals surface area contributed by atoms with Crippen LogP contribution in [0.1, 0.15) is 134 Å². The molecule has 0 saturated heterocycles. The molecule has 1 fully saturated rings. The van der Waals surface area contributed by atoms with Crippen molar-refractivity contribution in [2.24, 2.45) is 5.92 Å². The van der Waals surface area contributed by atoms with Gasteiger partial charge in [0.1, 0.15) is 0 Å². The van der Waals surface area contributed by atoms with E-state index >= 15 is 0 Å². The van der Waals surface area contributed by atoms with Crippen molar-refractivity contribution in [3.8, 4) is 11.1 Å². The highest BCUT2D eigenvalue weighted by molar-refractivity contribution is 5.62. The van der Waals surface area contributed by atoms with Crippen LogP contribution in [-0.4, -0.2) is 4.98 Å². The number of aromatic nitrogens is 1. The Morgan fingerprint density at radius 3 is 1.88 bits per heavy atom. The smallest absolute Gasteiger partial charge is 0.0434 e. The second kappa shape index (κ2) is 15.3. The summed E-state index contributed by atoms with van der Waals surface area (Å²) < 4.78 is 0. The van der Waals surface area contributed by atoms with E-state index in [9.17, 15) is 0 Å². The second-order valence-electron chi connectivity index (χ2n) is 10.6. The lowest BCUT2D eigenvalue weighted by atomic mass is 9.78. The summed E-state index contributed by atoms with van der Waals surface area (Å²) in [5.41, 5.74) is 5.34. The molecule has 2 aromatic rings. The molecule has 1 aliphatic carbocycles. The minimum Gasteiger partial charge on any atom is -0.260 e. The van der Waals surface area contributed by atoms with Gasteiger partial charge < -0.3 is 0 Å². The van der Waals surface area contributed by atoms with Crippen molar-refractivity contribution >= 4 is 0 Å². The molecule has 0 bridgehead atoms. The van der Waals surface area contributed by atoms with Crippen molar-refractivity contribution in [2.45, 2.75) is 129 Å². The molecule has 0 aliphatic heterocycles. The SMILES string of the molecule is CCCCCCCCC1CCC(c2ccc(-c3ccc(CCCCCCC)cc3)cn2)CC1. The fourth-order valence-electron chi connectivity index (χ4n) is 5.57. The van der Waals surface area contributed by atoms with E-state index in [4.69, 9.17) is 4.98 Å². The number of unbranched alkanes of at least 4 members (excludes halogenated alkanes) is 9. The van der Waals surface area contributed by atoms with Crippen LogP contribution in [0.2, 0.25) is 0 Å². The summed E-state index contributed by atoms with van der Waals surface area (Å²) in [5.74, 6) is 1.65. The molecule has 1 saturated carbocycles. The van der Waals surface area contributed by atoms with Gasteiger partial charge in [0.25, 0.3) is 0 Å². The van der Waals surface area contributed by atoms with Crippen molar-refractivity contribution in [1.82, 2.24) is 4.98 Å². The lowest BCUT2D eigenvalue weighted by Gasteiger charge is -2.28. The summed E-state index contributed by atoms with van der Waals surface area (Å²) in [6.45, 7) is 4.58. The van der Waals surface area contributed by atoms with Gasteiger partial charge in [0.2, 0.25) is 0 Å². The molecule has 1 aliphatic rings. The molecule has 1 nitrogen and oxygen atoms in total. The van der Waals surface area contributed by atoms with E-state index < -0.39 is 0 Å². The number of rotatable bonds is 15. The Morgan fingerprint density at radius 2 is 1.24 bits per heavy atom. The van der Waals surface area contributed by atoms with Crippen molar-refractivity contribution in [3.63, 3.8) is 0 Å². The molecular weight excluding hydrogens is 398 g/mol. The Balaban J connectivity index is 1.39. The maximum absolute atomic E-state index is 4.91. The van der Waals surface area contributed by atoms with Gasteiger partial charge in [0.15, 0.2) is 0 Å². The van der Waals surface area contributed by atoms with Crippen LogP contribution in [-0.2, 0) is 6.42 Å². The van der Waals surface area contributed by atoms with E-state index in [1.54, 1.807) is 0 Å². The topological polar surface area (TPSA) is 12.9 Å². The van der Waals surface area contributed by atoms with Crippen LogP contribution in [0.5, 0.6) is 0 Å². The average molecular weight is 448 g/mol. The van der Waals surface area contributed by atoms with Crippen LogP contribution < -0.4 is 0 Å². The first-order valence-corrected chi connectivity index (χ1v) is 14.4. The van der Waals surface area contributed by atoms with Gasteiger partial charge in [-0.05, 0) is 61.6 Å². The van der Waals surface area contributed by atoms with E-state index in [2.05, 4.69) is 56.4 Å². The van der Waals surface area contributed by atoms with Gasteiger partial charge in [-0.1, -0.05) is 115 Å². The molecule has 1 aromatic carbocycles. The van der Waals surface area contributed by atoms with Gasteiger partial charge in [0, 0.05) is 23.4 Å². The van der Waals surface area contributed by atoms with Crippen LogP contribution >= 0.6 is 0 Å². The predicted molar refractivity (Wildman–Crippen MR) is 145 cm³/mol. The summed E-state index contributed by atoms with van der Waals surface area (Å²) in [6, 6.07) is 13.8. The van der Waals surface area contributed by atoms with Crippen molar-refractivity contribution in [1.29, 1.82) is 0 Å². The number of benzene rings is 1. The minimum atomic E-state index is 0.676. The number of aryl methyl sites for hydroxylation is 1. The number of hydrogen-bond acceptors (Lipinski definition) is 1. The summed E-state index contributed by atoms with van der Waals surface area (Å²) in [4.78, 5) is 4.91. The Morgan fingerprint density at radius 1 is 0.636 bits per heavy atom. The quantitative estimate of drug-likeness (QED) is 0.247. The van der Waals surface area contributed by atoms with Gasteiger partial charge in [-0.2, -0.15) is 0 Å². The molecule has 0 atom stereocenters. The van der Waals surface area contributed by atoms with E-state index in [0.29, 0.717) is 5.92 Å². The third kappa shape index (κ3) is 9.26. The van der Waals surface area contributed by atoms with E-state index in [1.807, 2.05) is 0 Å². The fraction of sp³-hybridized carbons (Fsp3) is 0.656. The molecule has 0 amide bonds. The minimum absolute atomic E-state index is 0.676. The van der Waals surface area contributed by atoms with Crippen molar-refractivity contribution in [3.05, 3.63) is 53.9 Å². The zero-order valence-electron chi connectivity index (χ0n) is 21.7. The highest BCUT2D eigenvalue weighted by Gasteiger charge is 2.22. The van der Waals surface area contributed by atoms with Gasteiger partial charge >= 0.3 is 0 Å². The molecule has 182 valence electrons. The van der Waals surface area contributed by atoms with Crippen molar-refractivity contribution < 1.29 is 0 Å². The van der Waals surface area contributed by atoms with Crippen LogP contribution in [0, 0.1) is 5.92 Å². The van der Waals surface area contributed by atoms with Gasteiger partial charge in [-0.25, -0.2) is 0 Å². The highest BCUT2D eigenvalue weighted by Crippen LogP contribution is 2.37. The zero-order valence-corrected chi connectivity index (χ0v) is 21.7. The molecule has 3 rings (SSSR count). The van der Waals surface area contributed by atoms with Crippen LogP contribution in [0.4, 0.5) is 0 Å². The summed E-state index contributed by atoms with van der Waals surface area (Å²) in [7, 11) is 0. The molecule has 0 N–H and O–H groups in total. The second-order valence-corrected chi connectivity index (χ2v) is 10.6. The first-order valence-electron chi connectivity index (χ1n) is 14.4. The summed E-state index contributed by atoms with van der Waals surface area (Å²) in [6.07, 6.45) is 25.6. The summed E-state index contributed by atoms with van der Waals surface area (Å²) >= 11 is 0. The molecule has 0 unspecified atom stereocenters. The van der Waals surface area contributed by atoms with Crippen LogP contribution in [0.3, 0.4) is 0 Å². The maximum Gasteiger partial charge on any atom is 0.0434 e. The molecule has 0 spiro atoms. The average Bonchev–Trinajstić information content (AvgIpc) is 2.87. The van der Waals surface area contributed by atoms with Crippen LogP contribution in [0.25, 0.3) is 11.1 Å². The largest absolute Gasteiger partial charge is 0.260 e. The third-order valence-corrected chi connectivity index (χ3v) is 7.87. The highest BCUT2D eigenvalue weighted by atomic mass is 14.7. The predicted octanol–water partition coefficient (Wildman–Crippen LogP) is 10.3. The Bertz CT molecular complexity index is 737. The van der Waals surface area contributed by atoms with Gasteiger partial charge in [-0.3, -0.25) is 4.98 Å². The van der Waals surface area contributed by atoms with Crippen molar-refractivity contribution in [2.75, 3.05) is 0 Å². The van der Waals surface area contributed by atoms with Gasteiger partial charge in [0.05, 0.1) is 0 Å². The van der Waals surface area contributed by atoms with Gasteiger partial charge in [-0.15, -0.1) is 0 Å². The van der Waals surface area contributed by atoms with E-state index in [0.717, 1.165) is 5.92 Å². The molecule has 33 heavy (non-hydrogen) atoms. The number of hydrogen-bond donors (Lipinski definition) is 0. The lowest BCUT2D eigenvalue weighted by Crippen LogP contribution is -2.14. The maximum atomic E-state index is 4.91. The lowest BCUT2D eigenvalue weighted by molar-refractivity contribution is 0.299.